The molecule has 3 nitrogen and oxygen atoms in total. The van der Waals surface area contributed by atoms with E-state index in [1.165, 1.54) is 0 Å². The Labute approximate surface area is 125 Å². The third-order valence-electron chi connectivity index (χ3n) is 3.42. The van der Waals surface area contributed by atoms with Gasteiger partial charge in [-0.3, -0.25) is 4.98 Å². The van der Waals surface area contributed by atoms with Crippen molar-refractivity contribution in [2.24, 2.45) is 0 Å². The van der Waals surface area contributed by atoms with Crippen LogP contribution in [0.15, 0.2) is 36.4 Å². The molecule has 0 saturated heterocycles. The Balaban J connectivity index is 2.14. The fourth-order valence-electron chi connectivity index (χ4n) is 2.21. The Morgan fingerprint density at radius 3 is 2.71 bits per heavy atom. The van der Waals surface area contributed by atoms with Crippen LogP contribution in [0.1, 0.15) is 11.3 Å². The van der Waals surface area contributed by atoms with Crippen LogP contribution >= 0.6 is 0 Å². The Bertz CT molecular complexity index is 598. The zero-order chi connectivity index (χ0) is 15.2. The largest absolute Gasteiger partial charge is 0.318 e. The molecule has 0 amide bonds. The van der Waals surface area contributed by atoms with Crippen LogP contribution in [-0.2, 0) is 6.54 Å². The van der Waals surface area contributed by atoms with Crippen molar-refractivity contribution in [3.8, 4) is 11.3 Å². The third-order valence-corrected chi connectivity index (χ3v) is 3.42. The number of nitrogens with one attached hydrogen (secondary N) is 1. The maximum absolute atomic E-state index is 14.2. The van der Waals surface area contributed by atoms with Gasteiger partial charge in [0.1, 0.15) is 5.82 Å². The first-order chi connectivity index (χ1) is 10.1. The molecule has 0 fully saturated rings. The van der Waals surface area contributed by atoms with Crippen LogP contribution in [0.2, 0.25) is 0 Å². The molecular formula is C17H22FN3. The number of hydrogen-bond acceptors (Lipinski definition) is 3. The minimum atomic E-state index is -0.174. The number of halogens is 1. The van der Waals surface area contributed by atoms with Gasteiger partial charge in [-0.1, -0.05) is 18.2 Å². The van der Waals surface area contributed by atoms with Crippen molar-refractivity contribution >= 4 is 0 Å². The summed E-state index contributed by atoms with van der Waals surface area (Å²) >= 11 is 0. The van der Waals surface area contributed by atoms with Gasteiger partial charge in [-0.25, -0.2) is 4.39 Å². The van der Waals surface area contributed by atoms with Crippen LogP contribution in [0.5, 0.6) is 0 Å². The number of pyridine rings is 1. The van der Waals surface area contributed by atoms with Gasteiger partial charge >= 0.3 is 0 Å². The first kappa shape index (κ1) is 15.6. The lowest BCUT2D eigenvalue weighted by Crippen LogP contribution is -2.27. The van der Waals surface area contributed by atoms with E-state index in [-0.39, 0.29) is 5.82 Å². The smallest absolute Gasteiger partial charge is 0.128 e. The van der Waals surface area contributed by atoms with Gasteiger partial charge in [0.15, 0.2) is 0 Å². The van der Waals surface area contributed by atoms with Crippen molar-refractivity contribution in [3.63, 3.8) is 0 Å². The Hall–Kier alpha value is -1.78. The second kappa shape index (κ2) is 7.29. The number of likely N-dealkylation sites (N-methyl/N-ethyl adjacent to an activating group) is 2. The molecule has 0 radical (unpaired) electrons. The molecule has 112 valence electrons. The Morgan fingerprint density at radius 2 is 2.05 bits per heavy atom. The van der Waals surface area contributed by atoms with Crippen molar-refractivity contribution in [3.05, 3.63) is 53.5 Å². The van der Waals surface area contributed by atoms with Crippen LogP contribution in [-0.4, -0.2) is 37.1 Å². The molecule has 1 aromatic carbocycles. The van der Waals surface area contributed by atoms with Crippen LogP contribution in [0.4, 0.5) is 4.39 Å². The van der Waals surface area contributed by atoms with Crippen LogP contribution in [0.3, 0.4) is 0 Å². The minimum Gasteiger partial charge on any atom is -0.318 e. The molecule has 0 unspecified atom stereocenters. The van der Waals surface area contributed by atoms with E-state index in [4.69, 9.17) is 0 Å². The first-order valence-corrected chi connectivity index (χ1v) is 7.16. The Kier molecular flexibility index (Phi) is 5.42. The second-order valence-corrected chi connectivity index (χ2v) is 5.31. The van der Waals surface area contributed by atoms with Gasteiger partial charge in [0.2, 0.25) is 0 Å². The van der Waals surface area contributed by atoms with Gasteiger partial charge in [0.25, 0.3) is 0 Å². The van der Waals surface area contributed by atoms with Crippen molar-refractivity contribution in [1.82, 2.24) is 15.2 Å². The molecule has 1 heterocycles. The quantitative estimate of drug-likeness (QED) is 0.885. The fourth-order valence-corrected chi connectivity index (χ4v) is 2.21. The highest BCUT2D eigenvalue weighted by atomic mass is 19.1. The first-order valence-electron chi connectivity index (χ1n) is 7.16. The summed E-state index contributed by atoms with van der Waals surface area (Å²) in [6.07, 6.45) is 0. The van der Waals surface area contributed by atoms with Crippen molar-refractivity contribution < 1.29 is 4.39 Å². The molecule has 2 rings (SSSR count). The molecule has 0 spiro atoms. The van der Waals surface area contributed by atoms with Gasteiger partial charge in [-0.15, -0.1) is 0 Å². The molecule has 21 heavy (non-hydrogen) atoms. The predicted octanol–water partition coefficient (Wildman–Crippen LogP) is 2.85. The number of benzene rings is 1. The molecule has 0 aliphatic rings. The predicted molar refractivity (Wildman–Crippen MR) is 84.6 cm³/mol. The molecule has 0 saturated carbocycles. The number of hydrogen-bond donors (Lipinski definition) is 1. The van der Waals surface area contributed by atoms with E-state index in [9.17, 15) is 4.39 Å². The van der Waals surface area contributed by atoms with Crippen molar-refractivity contribution in [2.75, 3.05) is 27.2 Å². The maximum atomic E-state index is 14.2. The highest BCUT2D eigenvalue weighted by Gasteiger charge is 2.08. The van der Waals surface area contributed by atoms with E-state index in [0.29, 0.717) is 12.1 Å². The molecule has 1 aromatic heterocycles. The Morgan fingerprint density at radius 1 is 1.24 bits per heavy atom. The molecule has 2 aromatic rings. The average molecular weight is 287 g/mol. The second-order valence-electron chi connectivity index (χ2n) is 5.31. The zero-order valence-corrected chi connectivity index (χ0v) is 12.9. The average Bonchev–Trinajstić information content (AvgIpc) is 2.47. The third kappa shape index (κ3) is 4.34. The summed E-state index contributed by atoms with van der Waals surface area (Å²) in [5, 5.41) is 3.09. The summed E-state index contributed by atoms with van der Waals surface area (Å²) < 4.78 is 14.2. The summed E-state index contributed by atoms with van der Waals surface area (Å²) in [7, 11) is 3.91. The van der Waals surface area contributed by atoms with E-state index >= 15 is 0 Å². The molecule has 0 aliphatic carbocycles. The summed E-state index contributed by atoms with van der Waals surface area (Å²) in [6, 6.07) is 11.1. The topological polar surface area (TPSA) is 28.2 Å². The normalized spacial score (nSPS) is 11.1. The van der Waals surface area contributed by atoms with Crippen molar-refractivity contribution in [1.29, 1.82) is 0 Å². The summed E-state index contributed by atoms with van der Waals surface area (Å²) in [4.78, 5) is 6.53. The van der Waals surface area contributed by atoms with Crippen LogP contribution in [0.25, 0.3) is 11.3 Å². The van der Waals surface area contributed by atoms with E-state index < -0.39 is 0 Å². The molecule has 0 atom stereocenters. The standard InChI is InChI=1S/C17H22FN3/c1-13-5-4-6-17(20-13)14-7-8-15(16(18)11-14)12-21(3)10-9-19-2/h4-8,11,19H,9-10,12H2,1-3H3. The lowest BCUT2D eigenvalue weighted by Gasteiger charge is -2.17. The number of aryl methyl sites for hydroxylation is 1. The van der Waals surface area contributed by atoms with Gasteiger partial charge in [0, 0.05) is 36.5 Å². The summed E-state index contributed by atoms with van der Waals surface area (Å²) in [5.41, 5.74) is 3.27. The maximum Gasteiger partial charge on any atom is 0.128 e. The molecule has 1 N–H and O–H groups in total. The van der Waals surface area contributed by atoms with E-state index in [2.05, 4.69) is 15.2 Å². The van der Waals surface area contributed by atoms with Gasteiger partial charge in [-0.2, -0.15) is 0 Å². The highest BCUT2D eigenvalue weighted by molar-refractivity contribution is 5.59. The van der Waals surface area contributed by atoms with Crippen LogP contribution in [0, 0.1) is 12.7 Å². The highest BCUT2D eigenvalue weighted by Crippen LogP contribution is 2.21. The fraction of sp³-hybridized carbons (Fsp3) is 0.353. The van der Waals surface area contributed by atoms with E-state index in [0.717, 1.165) is 30.0 Å². The molecular weight excluding hydrogens is 265 g/mol. The summed E-state index contributed by atoms with van der Waals surface area (Å²) in [5.74, 6) is -0.174. The SMILES string of the molecule is CNCCN(C)Cc1ccc(-c2cccc(C)n2)cc1F. The van der Waals surface area contributed by atoms with Crippen LogP contribution < -0.4 is 5.32 Å². The lowest BCUT2D eigenvalue weighted by molar-refractivity contribution is 0.322. The molecule has 0 aliphatic heterocycles. The van der Waals surface area contributed by atoms with Gasteiger partial charge < -0.3 is 10.2 Å². The summed E-state index contributed by atoms with van der Waals surface area (Å²) in [6.45, 7) is 4.32. The van der Waals surface area contributed by atoms with Crippen molar-refractivity contribution in [2.45, 2.75) is 13.5 Å². The molecule has 4 heteroatoms. The lowest BCUT2D eigenvalue weighted by atomic mass is 10.1. The van der Waals surface area contributed by atoms with Gasteiger partial charge in [0.05, 0.1) is 5.69 Å². The molecule has 0 bridgehead atoms. The number of rotatable bonds is 6. The van der Waals surface area contributed by atoms with E-state index in [1.54, 1.807) is 6.07 Å². The monoisotopic (exact) mass is 287 g/mol. The van der Waals surface area contributed by atoms with Gasteiger partial charge in [-0.05, 0) is 39.2 Å². The minimum absolute atomic E-state index is 0.174. The number of nitrogens with zero attached hydrogens (tertiary/aromatic N) is 2. The zero-order valence-electron chi connectivity index (χ0n) is 12.9. The number of aromatic nitrogens is 1. The van der Waals surface area contributed by atoms with E-state index in [1.807, 2.05) is 51.4 Å².